The molecule has 3 aliphatic rings. The average molecular weight is 732 g/mol. The lowest BCUT2D eigenvalue weighted by Crippen LogP contribution is -2.55. The van der Waals surface area contributed by atoms with Gasteiger partial charge in [-0.25, -0.2) is 18.4 Å². The number of hydrogen-bond acceptors (Lipinski definition) is 12. The van der Waals surface area contributed by atoms with Crippen molar-refractivity contribution >= 4 is 26.2 Å². The third-order valence-corrected chi connectivity index (χ3v) is 9.22. The fourth-order valence-electron chi connectivity index (χ4n) is 4.73. The van der Waals surface area contributed by atoms with E-state index < -0.39 is 38.0 Å². The molecule has 4 rings (SSSR count). The maximum absolute atomic E-state index is 12.1. The number of aliphatic hydroxyl groups is 1. The van der Waals surface area contributed by atoms with Crippen LogP contribution < -0.4 is 15.8 Å². The number of hydrogen-bond donors (Lipinski definition) is 5. The van der Waals surface area contributed by atoms with Gasteiger partial charge in [0.1, 0.15) is 6.61 Å². The van der Waals surface area contributed by atoms with Crippen molar-refractivity contribution < 1.29 is 36.0 Å². The first-order chi connectivity index (χ1) is 20.2. The molecule has 0 radical (unpaired) electrons. The van der Waals surface area contributed by atoms with E-state index in [9.17, 15) is 21.6 Å². The van der Waals surface area contributed by atoms with Crippen LogP contribution in [-0.2, 0) is 31.5 Å². The number of rotatable bonds is 7. The molecule has 3 saturated heterocycles. The number of nitrogens with two attached hydrogens (primary N) is 1. The van der Waals surface area contributed by atoms with Gasteiger partial charge in [-0.05, 0) is 26.7 Å². The number of nitrogens with zero attached hydrogens (tertiary/aromatic N) is 4. The van der Waals surface area contributed by atoms with Gasteiger partial charge in [0.15, 0.2) is 0 Å². The van der Waals surface area contributed by atoms with Gasteiger partial charge in [-0.15, -0.1) is 0 Å². The molecular formula is C31H69N7O8S2. The number of nitrogens with one attached hydrogen (secondary N) is 2. The summed E-state index contributed by atoms with van der Waals surface area (Å²) in [6.07, 6.45) is -0.475. The van der Waals surface area contributed by atoms with E-state index >= 15 is 0 Å². The molecule has 6 N–H and O–H groups in total. The van der Waals surface area contributed by atoms with Gasteiger partial charge in [-0.3, -0.25) is 19.3 Å². The van der Waals surface area contributed by atoms with Crippen LogP contribution in [0.5, 0.6) is 0 Å². The van der Waals surface area contributed by atoms with Crippen molar-refractivity contribution in [2.75, 3.05) is 98.2 Å². The lowest BCUT2D eigenvalue weighted by molar-refractivity contribution is 0.0608. The van der Waals surface area contributed by atoms with Crippen molar-refractivity contribution in [3.63, 3.8) is 0 Å². The van der Waals surface area contributed by atoms with Gasteiger partial charge >= 0.3 is 6.09 Å². The van der Waals surface area contributed by atoms with Gasteiger partial charge in [0.05, 0.1) is 18.1 Å². The number of amides is 1. The van der Waals surface area contributed by atoms with Crippen molar-refractivity contribution in [1.82, 2.24) is 30.2 Å². The highest BCUT2D eigenvalue weighted by Gasteiger charge is 2.31. The van der Waals surface area contributed by atoms with E-state index in [0.717, 1.165) is 38.3 Å². The summed E-state index contributed by atoms with van der Waals surface area (Å²) in [7, 11) is -1.70. The van der Waals surface area contributed by atoms with Crippen molar-refractivity contribution in [1.29, 1.82) is 0 Å². The summed E-state index contributed by atoms with van der Waals surface area (Å²) in [5.74, 6) is -0.359. The molecule has 17 heteroatoms. The summed E-state index contributed by atoms with van der Waals surface area (Å²) >= 11 is 0. The molecule has 0 saturated carbocycles. The quantitative estimate of drug-likeness (QED) is 0.250. The molecule has 48 heavy (non-hydrogen) atoms. The van der Waals surface area contributed by atoms with Crippen LogP contribution in [0.15, 0.2) is 30.3 Å². The first-order valence-electron chi connectivity index (χ1n) is 14.2. The number of carbonyl (C=O) groups excluding carboxylic acids is 1. The maximum atomic E-state index is 12.1. The van der Waals surface area contributed by atoms with Crippen LogP contribution >= 0.6 is 0 Å². The molecule has 15 nitrogen and oxygen atoms in total. The second kappa shape index (κ2) is 26.0. The summed E-state index contributed by atoms with van der Waals surface area (Å²) in [5, 5.41) is 20.1. The number of primary sulfonamides is 1. The van der Waals surface area contributed by atoms with Gasteiger partial charge in [-0.2, -0.15) is 8.42 Å². The number of aliphatic hydroxyl groups excluding tert-OH is 1. The Morgan fingerprint density at radius 2 is 1.31 bits per heavy atom. The van der Waals surface area contributed by atoms with E-state index in [-0.39, 0.29) is 68.7 Å². The molecular weight excluding hydrogens is 663 g/mol. The van der Waals surface area contributed by atoms with E-state index in [1.165, 1.54) is 4.90 Å². The third kappa shape index (κ3) is 21.2. The van der Waals surface area contributed by atoms with E-state index in [2.05, 4.69) is 15.5 Å². The zero-order valence-electron chi connectivity index (χ0n) is 25.3. The summed E-state index contributed by atoms with van der Waals surface area (Å²) in [5.41, 5.74) is 0.888. The predicted molar refractivity (Wildman–Crippen MR) is 198 cm³/mol. The molecule has 288 valence electrons. The summed E-state index contributed by atoms with van der Waals surface area (Å²) in [6, 6.07) is 9.24. The number of carbonyl (C=O) groups is 1. The molecule has 3 atom stereocenters. The lowest BCUT2D eigenvalue weighted by Gasteiger charge is -2.38. The minimum absolute atomic E-state index is 0. The molecule has 0 aromatic heterocycles. The summed E-state index contributed by atoms with van der Waals surface area (Å²) in [4.78, 5) is 19.5. The summed E-state index contributed by atoms with van der Waals surface area (Å²) < 4.78 is 57.8. The zero-order valence-corrected chi connectivity index (χ0v) is 27.0. The van der Waals surface area contributed by atoms with Crippen LogP contribution in [0, 0.1) is 0 Å². The van der Waals surface area contributed by atoms with Crippen LogP contribution in [0.4, 0.5) is 4.79 Å². The Bertz CT molecular complexity index is 1180. The first-order valence-corrected chi connectivity index (χ1v) is 17.5. The second-order valence-electron chi connectivity index (χ2n) is 11.1. The number of ether oxygens (including phenoxy) is 1. The Hall–Kier alpha value is -1.93. The fraction of sp³-hybridized carbons (Fsp3) is 0.774. The molecule has 3 fully saturated rings. The fourth-order valence-corrected chi connectivity index (χ4v) is 6.48. The first kappa shape index (κ1) is 52.9. The average Bonchev–Trinajstić information content (AvgIpc) is 2.94. The lowest BCUT2D eigenvalue weighted by atomic mass is 10.2. The van der Waals surface area contributed by atoms with Crippen molar-refractivity contribution in [2.24, 2.45) is 5.14 Å². The van der Waals surface area contributed by atoms with Crippen LogP contribution in [0.1, 0.15) is 42.7 Å². The summed E-state index contributed by atoms with van der Waals surface area (Å²) in [6.45, 7) is 7.16. The van der Waals surface area contributed by atoms with E-state index in [1.807, 2.05) is 54.2 Å². The highest BCUT2D eigenvalue weighted by Crippen LogP contribution is 2.12. The molecule has 1 aromatic carbocycles. The van der Waals surface area contributed by atoms with Gasteiger partial charge in [-0.1, -0.05) is 67.5 Å². The third-order valence-electron chi connectivity index (χ3n) is 7.57. The molecule has 0 bridgehead atoms. The van der Waals surface area contributed by atoms with Crippen molar-refractivity contribution in [3.8, 4) is 0 Å². The number of likely N-dealkylation sites (N-methyl/N-ethyl adjacent to an activating group) is 3. The number of sulfonamides is 1. The topological polar surface area (TPSA) is 198 Å². The highest BCUT2D eigenvalue weighted by atomic mass is 32.2. The second-order valence-corrected chi connectivity index (χ2v) is 14.2. The van der Waals surface area contributed by atoms with E-state index in [1.54, 1.807) is 7.05 Å². The normalized spacial score (nSPS) is 21.7. The molecule has 1 amide bonds. The maximum Gasteiger partial charge on any atom is 0.410 e. The SMILES string of the molecule is C.C.C.C.C.CN1CCN(C(=O)OCc2ccccc2)CC1CS(=O)(=O)O.CN1CCNCC1CO.CN1CCNCC1CS(N)(=O)=O. The Labute approximate surface area is 293 Å². The Balaban J connectivity index is -0.000000319. The van der Waals surface area contributed by atoms with E-state index in [0.29, 0.717) is 25.7 Å². The Kier molecular flexibility index (Phi) is 28.6. The molecule has 0 spiro atoms. The molecule has 3 unspecified atom stereocenters. The minimum atomic E-state index is -4.08. The van der Waals surface area contributed by atoms with Crippen molar-refractivity contribution in [3.05, 3.63) is 35.9 Å². The minimum Gasteiger partial charge on any atom is -0.445 e. The Morgan fingerprint density at radius 3 is 1.75 bits per heavy atom. The van der Waals surface area contributed by atoms with Gasteiger partial charge < -0.3 is 25.4 Å². The van der Waals surface area contributed by atoms with E-state index in [4.69, 9.17) is 19.5 Å². The smallest absolute Gasteiger partial charge is 0.410 e. The number of piperazine rings is 3. The zero-order chi connectivity index (χ0) is 32.0. The van der Waals surface area contributed by atoms with Gasteiger partial charge in [0, 0.05) is 77.0 Å². The van der Waals surface area contributed by atoms with Crippen LogP contribution in [0.25, 0.3) is 0 Å². The molecule has 3 aliphatic heterocycles. The van der Waals surface area contributed by atoms with Gasteiger partial charge in [0.2, 0.25) is 10.0 Å². The predicted octanol–water partition coefficient (Wildman–Crippen LogP) is 1.07. The largest absolute Gasteiger partial charge is 0.445 e. The molecule has 3 heterocycles. The number of benzene rings is 1. The molecule has 1 aromatic rings. The standard InChI is InChI=1S/C14H20N2O5S.C6H15N3O2S.C6H14N2O.5CH4/c1-15-7-8-16(9-13(15)11-22(18,19)20)14(17)21-10-12-5-3-2-4-6-12;1-9-3-2-8-4-6(9)5-12(7,10)11;1-8-3-2-7-4-6(8)5-9;;;;;/h2-6,13H,7-11H2,1H3,(H,18,19,20);6,8H,2-5H2,1H3,(H2,7,10,11);6-7,9H,2-5H2,1H3;5*1H4. The molecule has 0 aliphatic carbocycles. The monoisotopic (exact) mass is 731 g/mol. The van der Waals surface area contributed by atoms with Crippen LogP contribution in [0.2, 0.25) is 0 Å². The van der Waals surface area contributed by atoms with Crippen LogP contribution in [0.3, 0.4) is 0 Å². The highest BCUT2D eigenvalue weighted by molar-refractivity contribution is 7.89. The Morgan fingerprint density at radius 1 is 0.812 bits per heavy atom. The van der Waals surface area contributed by atoms with Crippen molar-refractivity contribution in [2.45, 2.75) is 61.9 Å². The van der Waals surface area contributed by atoms with Crippen LogP contribution in [-0.4, -0.2) is 168 Å². The van der Waals surface area contributed by atoms with Gasteiger partial charge in [0.25, 0.3) is 10.1 Å².